The van der Waals surface area contributed by atoms with E-state index < -0.39 is 0 Å². The standard InChI is InChI=1S/C23H25ClN2O2S/c1-15-9-11-26(12-10-15)21(17-5-7-18(24)8-6-17)19-14-16(2)29-23(19)25-22(27)20-4-3-13-28-20/h3-8,13-15,21H,9-12H2,1-2H3,(H,25,27). The van der Waals surface area contributed by atoms with Crippen molar-refractivity contribution < 1.29 is 9.21 Å². The maximum Gasteiger partial charge on any atom is 0.291 e. The van der Waals surface area contributed by atoms with E-state index in [4.69, 9.17) is 16.0 Å². The quantitative estimate of drug-likeness (QED) is 0.513. The zero-order valence-corrected chi connectivity index (χ0v) is 18.2. The number of halogens is 1. The van der Waals surface area contributed by atoms with Gasteiger partial charge in [-0.25, -0.2) is 0 Å². The van der Waals surface area contributed by atoms with Gasteiger partial charge >= 0.3 is 0 Å². The molecule has 152 valence electrons. The lowest BCUT2D eigenvalue weighted by molar-refractivity contribution is 0.0996. The van der Waals surface area contributed by atoms with Crippen molar-refractivity contribution in [2.45, 2.75) is 32.7 Å². The average molecular weight is 429 g/mol. The Bertz CT molecular complexity index is 957. The lowest BCUT2D eigenvalue weighted by atomic mass is 9.93. The molecule has 3 aromatic rings. The van der Waals surface area contributed by atoms with Crippen LogP contribution in [0.3, 0.4) is 0 Å². The third-order valence-corrected chi connectivity index (χ3v) is 6.75. The summed E-state index contributed by atoms with van der Waals surface area (Å²) in [6, 6.07) is 13.7. The third-order valence-electron chi connectivity index (χ3n) is 5.52. The lowest BCUT2D eigenvalue weighted by Crippen LogP contribution is -2.37. The predicted octanol–water partition coefficient (Wildman–Crippen LogP) is 6.38. The van der Waals surface area contributed by atoms with Crippen LogP contribution in [0.4, 0.5) is 5.00 Å². The number of carbonyl (C=O) groups excluding carboxylic acids is 1. The number of thiophene rings is 1. The zero-order valence-electron chi connectivity index (χ0n) is 16.7. The van der Waals surface area contributed by atoms with Crippen LogP contribution >= 0.6 is 22.9 Å². The number of amides is 1. The molecule has 0 radical (unpaired) electrons. The Morgan fingerprint density at radius 1 is 1.24 bits per heavy atom. The minimum absolute atomic E-state index is 0.0802. The Labute approximate surface area is 180 Å². The molecular formula is C23H25ClN2O2S. The van der Waals surface area contributed by atoms with E-state index in [1.807, 2.05) is 12.1 Å². The highest BCUT2D eigenvalue weighted by Gasteiger charge is 2.29. The second-order valence-electron chi connectivity index (χ2n) is 7.75. The van der Waals surface area contributed by atoms with Gasteiger partial charge in [-0.05, 0) is 74.7 Å². The molecule has 1 fully saturated rings. The molecule has 1 saturated heterocycles. The lowest BCUT2D eigenvalue weighted by Gasteiger charge is -2.37. The summed E-state index contributed by atoms with van der Waals surface area (Å²) in [5.41, 5.74) is 2.32. The van der Waals surface area contributed by atoms with Crippen molar-refractivity contribution in [2.24, 2.45) is 5.92 Å². The van der Waals surface area contributed by atoms with Crippen LogP contribution in [0, 0.1) is 12.8 Å². The molecule has 4 rings (SSSR count). The van der Waals surface area contributed by atoms with Gasteiger partial charge in [0.25, 0.3) is 5.91 Å². The van der Waals surface area contributed by atoms with Gasteiger partial charge in [-0.3, -0.25) is 9.69 Å². The Morgan fingerprint density at radius 3 is 2.62 bits per heavy atom. The number of rotatable bonds is 5. The molecule has 6 heteroatoms. The van der Waals surface area contributed by atoms with Crippen molar-refractivity contribution >= 4 is 33.8 Å². The molecule has 0 bridgehead atoms. The molecule has 0 spiro atoms. The second-order valence-corrected chi connectivity index (χ2v) is 9.44. The third kappa shape index (κ3) is 4.58. The van der Waals surface area contributed by atoms with E-state index in [-0.39, 0.29) is 11.9 Å². The van der Waals surface area contributed by atoms with Crippen molar-refractivity contribution in [3.8, 4) is 0 Å². The van der Waals surface area contributed by atoms with Gasteiger partial charge < -0.3 is 9.73 Å². The summed E-state index contributed by atoms with van der Waals surface area (Å²) in [4.78, 5) is 16.3. The average Bonchev–Trinajstić information content (AvgIpc) is 3.35. The zero-order chi connectivity index (χ0) is 20.4. The van der Waals surface area contributed by atoms with Crippen molar-refractivity contribution in [3.63, 3.8) is 0 Å². The van der Waals surface area contributed by atoms with Crippen molar-refractivity contribution in [3.05, 3.63) is 75.5 Å². The number of aryl methyl sites for hydroxylation is 1. The molecule has 1 aliphatic heterocycles. The van der Waals surface area contributed by atoms with Gasteiger partial charge in [0.1, 0.15) is 5.00 Å². The molecule has 0 saturated carbocycles. The molecule has 4 nitrogen and oxygen atoms in total. The molecule has 1 unspecified atom stereocenters. The minimum Gasteiger partial charge on any atom is -0.459 e. The molecule has 1 amide bonds. The van der Waals surface area contributed by atoms with Gasteiger partial charge in [-0.1, -0.05) is 30.7 Å². The van der Waals surface area contributed by atoms with Gasteiger partial charge in [0.15, 0.2) is 5.76 Å². The highest BCUT2D eigenvalue weighted by molar-refractivity contribution is 7.16. The van der Waals surface area contributed by atoms with E-state index in [1.54, 1.807) is 23.5 Å². The fourth-order valence-electron chi connectivity index (χ4n) is 3.93. The fourth-order valence-corrected chi connectivity index (χ4v) is 4.99. The maximum atomic E-state index is 12.6. The summed E-state index contributed by atoms with van der Waals surface area (Å²) >= 11 is 7.75. The smallest absolute Gasteiger partial charge is 0.291 e. The molecule has 1 N–H and O–H groups in total. The Balaban J connectivity index is 1.70. The monoisotopic (exact) mass is 428 g/mol. The molecule has 1 atom stereocenters. The highest BCUT2D eigenvalue weighted by atomic mass is 35.5. The van der Waals surface area contributed by atoms with Gasteiger partial charge in [0.05, 0.1) is 12.3 Å². The number of likely N-dealkylation sites (tertiary alicyclic amines) is 1. The molecule has 0 aliphatic carbocycles. The summed E-state index contributed by atoms with van der Waals surface area (Å²) in [7, 11) is 0. The summed E-state index contributed by atoms with van der Waals surface area (Å²) in [5, 5.41) is 4.68. The second kappa shape index (κ2) is 8.74. The van der Waals surface area contributed by atoms with Crippen LogP contribution in [-0.4, -0.2) is 23.9 Å². The summed E-state index contributed by atoms with van der Waals surface area (Å²) in [6.07, 6.45) is 3.88. The van der Waals surface area contributed by atoms with Crippen molar-refractivity contribution in [1.29, 1.82) is 0 Å². The Kier molecular flexibility index (Phi) is 6.09. The molecule has 29 heavy (non-hydrogen) atoms. The Morgan fingerprint density at radius 2 is 1.97 bits per heavy atom. The molecular weight excluding hydrogens is 404 g/mol. The fraction of sp³-hybridized carbons (Fsp3) is 0.348. The summed E-state index contributed by atoms with van der Waals surface area (Å²) < 4.78 is 5.27. The summed E-state index contributed by atoms with van der Waals surface area (Å²) in [6.45, 7) is 6.47. The van der Waals surface area contributed by atoms with Crippen LogP contribution in [0.1, 0.15) is 52.4 Å². The first-order valence-corrected chi connectivity index (χ1v) is 11.2. The van der Waals surface area contributed by atoms with E-state index in [1.165, 1.54) is 29.5 Å². The normalized spacial score (nSPS) is 16.7. The SMILES string of the molecule is Cc1cc(C(c2ccc(Cl)cc2)N2CCC(C)CC2)c(NC(=O)c2ccco2)s1. The van der Waals surface area contributed by atoms with Gasteiger partial charge in [-0.15, -0.1) is 11.3 Å². The number of furan rings is 1. The number of carbonyl (C=O) groups is 1. The van der Waals surface area contributed by atoms with Gasteiger partial charge in [0.2, 0.25) is 0 Å². The first kappa shape index (κ1) is 20.2. The van der Waals surface area contributed by atoms with Crippen LogP contribution in [-0.2, 0) is 0 Å². The number of anilines is 1. The molecule has 1 aliphatic rings. The van der Waals surface area contributed by atoms with E-state index in [0.29, 0.717) is 5.76 Å². The minimum atomic E-state index is -0.222. The van der Waals surface area contributed by atoms with E-state index in [9.17, 15) is 4.79 Å². The molecule has 3 heterocycles. The molecule has 2 aromatic heterocycles. The number of hydrogen-bond acceptors (Lipinski definition) is 4. The molecule has 1 aromatic carbocycles. The number of hydrogen-bond donors (Lipinski definition) is 1. The van der Waals surface area contributed by atoms with E-state index in [2.05, 4.69) is 42.3 Å². The Hall–Kier alpha value is -2.08. The first-order chi connectivity index (χ1) is 14.0. The highest BCUT2D eigenvalue weighted by Crippen LogP contribution is 2.40. The number of piperidine rings is 1. The van der Waals surface area contributed by atoms with Crippen LogP contribution in [0.25, 0.3) is 0 Å². The van der Waals surface area contributed by atoms with Crippen LogP contribution in [0.15, 0.2) is 53.1 Å². The summed E-state index contributed by atoms with van der Waals surface area (Å²) in [5.74, 6) is 0.844. The van der Waals surface area contributed by atoms with E-state index in [0.717, 1.165) is 34.6 Å². The topological polar surface area (TPSA) is 45.5 Å². The van der Waals surface area contributed by atoms with Crippen LogP contribution < -0.4 is 5.32 Å². The van der Waals surface area contributed by atoms with E-state index >= 15 is 0 Å². The number of benzene rings is 1. The van der Waals surface area contributed by atoms with Crippen molar-refractivity contribution in [2.75, 3.05) is 18.4 Å². The van der Waals surface area contributed by atoms with Gasteiger partial charge in [-0.2, -0.15) is 0 Å². The van der Waals surface area contributed by atoms with Gasteiger partial charge in [0, 0.05) is 15.5 Å². The maximum absolute atomic E-state index is 12.6. The van der Waals surface area contributed by atoms with Crippen molar-refractivity contribution in [1.82, 2.24) is 4.90 Å². The first-order valence-electron chi connectivity index (χ1n) is 9.96. The number of nitrogens with one attached hydrogen (secondary N) is 1. The predicted molar refractivity (Wildman–Crippen MR) is 119 cm³/mol. The largest absolute Gasteiger partial charge is 0.459 e. The van der Waals surface area contributed by atoms with Crippen LogP contribution in [0.5, 0.6) is 0 Å². The number of nitrogens with zero attached hydrogens (tertiary/aromatic N) is 1. The van der Waals surface area contributed by atoms with Crippen LogP contribution in [0.2, 0.25) is 5.02 Å².